The first kappa shape index (κ1) is 19.3. The zero-order valence-corrected chi connectivity index (χ0v) is 14.6. The number of benzene rings is 1. The summed E-state index contributed by atoms with van der Waals surface area (Å²) in [5.41, 5.74) is 1.74. The van der Waals surface area contributed by atoms with Gasteiger partial charge in [-0.15, -0.1) is 0 Å². The van der Waals surface area contributed by atoms with Crippen molar-refractivity contribution < 1.29 is 24.5 Å². The van der Waals surface area contributed by atoms with Gasteiger partial charge in [-0.2, -0.15) is 0 Å². The average Bonchev–Trinajstić information content (AvgIpc) is 2.91. The monoisotopic (exact) mass is 346 g/mol. The standard InChI is InChI=1S/C20H26O5/c1-25-19(24)7-5-3-2-4-6-16-17(22)12-18(23)20(16)15-10-8-14(13-21)9-11-15/h2,4,8-11,16,18,20-21,23H,3,5-7,12-13H2,1H3/b4-2-/t16-,18+,20+/m0/s1. The van der Waals surface area contributed by atoms with Gasteiger partial charge in [0.1, 0.15) is 5.78 Å². The number of carbonyl (C=O) groups is 2. The van der Waals surface area contributed by atoms with Crippen molar-refractivity contribution in [2.75, 3.05) is 7.11 Å². The number of aliphatic hydroxyl groups is 2. The number of ether oxygens (including phenoxy) is 1. The predicted molar refractivity (Wildman–Crippen MR) is 93.9 cm³/mol. The molecule has 0 amide bonds. The fraction of sp³-hybridized carbons (Fsp3) is 0.500. The molecule has 25 heavy (non-hydrogen) atoms. The fourth-order valence-corrected chi connectivity index (χ4v) is 3.36. The zero-order valence-electron chi connectivity index (χ0n) is 14.6. The number of allylic oxidation sites excluding steroid dienone is 2. The Morgan fingerprint density at radius 1 is 1.28 bits per heavy atom. The third-order valence-electron chi connectivity index (χ3n) is 4.76. The minimum Gasteiger partial charge on any atom is -0.469 e. The van der Waals surface area contributed by atoms with Crippen LogP contribution in [0.15, 0.2) is 36.4 Å². The van der Waals surface area contributed by atoms with Gasteiger partial charge in [-0.05, 0) is 30.4 Å². The lowest BCUT2D eigenvalue weighted by Crippen LogP contribution is -2.18. The molecule has 1 aliphatic carbocycles. The molecule has 0 heterocycles. The number of hydrogen-bond acceptors (Lipinski definition) is 5. The summed E-state index contributed by atoms with van der Waals surface area (Å²) in [4.78, 5) is 23.3. The Balaban J connectivity index is 1.94. The van der Waals surface area contributed by atoms with E-state index in [1.165, 1.54) is 7.11 Å². The fourth-order valence-electron chi connectivity index (χ4n) is 3.36. The van der Waals surface area contributed by atoms with Crippen LogP contribution in [0, 0.1) is 5.92 Å². The molecule has 1 aromatic rings. The van der Waals surface area contributed by atoms with Crippen molar-refractivity contribution in [2.24, 2.45) is 5.92 Å². The van der Waals surface area contributed by atoms with E-state index >= 15 is 0 Å². The molecular weight excluding hydrogens is 320 g/mol. The van der Waals surface area contributed by atoms with Crippen LogP contribution < -0.4 is 0 Å². The Bertz CT molecular complexity index is 605. The van der Waals surface area contributed by atoms with Gasteiger partial charge in [0.2, 0.25) is 0 Å². The van der Waals surface area contributed by atoms with Gasteiger partial charge >= 0.3 is 5.97 Å². The van der Waals surface area contributed by atoms with Gasteiger partial charge in [-0.1, -0.05) is 36.4 Å². The largest absolute Gasteiger partial charge is 0.469 e. The summed E-state index contributed by atoms with van der Waals surface area (Å²) in [6.07, 6.45) is 5.92. The molecule has 0 bridgehead atoms. The SMILES string of the molecule is COC(=O)CCC/C=C\C[C@H]1C(=O)C[C@@H](O)[C@@H]1c1ccc(CO)cc1. The molecule has 136 valence electrons. The van der Waals surface area contributed by atoms with Crippen molar-refractivity contribution in [3.05, 3.63) is 47.5 Å². The summed E-state index contributed by atoms with van der Waals surface area (Å²) >= 11 is 0. The summed E-state index contributed by atoms with van der Waals surface area (Å²) in [5.74, 6) is -0.566. The molecule has 1 fully saturated rings. The number of ketones is 1. The van der Waals surface area contributed by atoms with Crippen molar-refractivity contribution in [1.29, 1.82) is 0 Å². The Hall–Kier alpha value is -1.98. The molecule has 5 nitrogen and oxygen atoms in total. The van der Waals surface area contributed by atoms with E-state index in [0.29, 0.717) is 12.8 Å². The first-order valence-electron chi connectivity index (χ1n) is 8.69. The second kappa shape index (κ2) is 9.49. The van der Waals surface area contributed by atoms with E-state index in [2.05, 4.69) is 4.74 Å². The summed E-state index contributed by atoms with van der Waals surface area (Å²) in [6.45, 7) is -0.0236. The Labute approximate surface area is 148 Å². The Kier molecular flexibility index (Phi) is 7.34. The van der Waals surface area contributed by atoms with Gasteiger partial charge in [0, 0.05) is 24.7 Å². The molecule has 0 saturated heterocycles. The molecule has 0 spiro atoms. The molecular formula is C20H26O5. The molecule has 2 N–H and O–H groups in total. The summed E-state index contributed by atoms with van der Waals surface area (Å²) in [5, 5.41) is 19.4. The van der Waals surface area contributed by atoms with Crippen LogP contribution in [0.2, 0.25) is 0 Å². The van der Waals surface area contributed by atoms with Crippen LogP contribution >= 0.6 is 0 Å². The number of unbranched alkanes of at least 4 members (excludes halogenated alkanes) is 1. The number of methoxy groups -OCH3 is 1. The summed E-state index contributed by atoms with van der Waals surface area (Å²) in [7, 11) is 1.38. The molecule has 0 aromatic heterocycles. The van der Waals surface area contributed by atoms with E-state index in [-0.39, 0.29) is 36.6 Å². The van der Waals surface area contributed by atoms with Gasteiger partial charge < -0.3 is 14.9 Å². The Morgan fingerprint density at radius 3 is 2.64 bits per heavy atom. The number of esters is 1. The number of aliphatic hydroxyl groups excluding tert-OH is 2. The van der Waals surface area contributed by atoms with Crippen LogP contribution in [-0.4, -0.2) is 35.2 Å². The lowest BCUT2D eigenvalue weighted by molar-refractivity contribution is -0.140. The van der Waals surface area contributed by atoms with Gasteiger partial charge in [-0.3, -0.25) is 9.59 Å². The predicted octanol–water partition coefficient (Wildman–Crippen LogP) is 2.50. The van der Waals surface area contributed by atoms with Crippen molar-refractivity contribution in [3.8, 4) is 0 Å². The summed E-state index contributed by atoms with van der Waals surface area (Å²) < 4.78 is 4.59. The number of rotatable bonds is 8. The van der Waals surface area contributed by atoms with Crippen LogP contribution in [-0.2, 0) is 20.9 Å². The van der Waals surface area contributed by atoms with E-state index in [0.717, 1.165) is 24.0 Å². The Morgan fingerprint density at radius 2 is 2.00 bits per heavy atom. The summed E-state index contributed by atoms with van der Waals surface area (Å²) in [6, 6.07) is 7.41. The van der Waals surface area contributed by atoms with Crippen LogP contribution in [0.25, 0.3) is 0 Å². The molecule has 0 radical (unpaired) electrons. The van der Waals surface area contributed by atoms with Gasteiger partial charge in [0.25, 0.3) is 0 Å². The first-order chi connectivity index (χ1) is 12.1. The smallest absolute Gasteiger partial charge is 0.305 e. The van der Waals surface area contributed by atoms with Crippen molar-refractivity contribution in [2.45, 2.75) is 50.7 Å². The van der Waals surface area contributed by atoms with Crippen LogP contribution in [0.1, 0.15) is 49.1 Å². The van der Waals surface area contributed by atoms with Crippen molar-refractivity contribution in [3.63, 3.8) is 0 Å². The highest BCUT2D eigenvalue weighted by atomic mass is 16.5. The third kappa shape index (κ3) is 5.25. The molecule has 1 saturated carbocycles. The molecule has 5 heteroatoms. The van der Waals surface area contributed by atoms with Crippen molar-refractivity contribution in [1.82, 2.24) is 0 Å². The molecule has 0 aliphatic heterocycles. The highest BCUT2D eigenvalue weighted by Gasteiger charge is 2.41. The van der Waals surface area contributed by atoms with E-state index < -0.39 is 6.10 Å². The zero-order chi connectivity index (χ0) is 18.2. The number of Topliss-reactive ketones (excluding diaryl/α,β-unsaturated/α-hetero) is 1. The maximum Gasteiger partial charge on any atom is 0.305 e. The topological polar surface area (TPSA) is 83.8 Å². The molecule has 2 rings (SSSR count). The minimum atomic E-state index is -0.662. The quantitative estimate of drug-likeness (QED) is 0.429. The van der Waals surface area contributed by atoms with E-state index in [4.69, 9.17) is 5.11 Å². The average molecular weight is 346 g/mol. The second-order valence-corrected chi connectivity index (χ2v) is 6.45. The lowest BCUT2D eigenvalue weighted by atomic mass is 9.85. The van der Waals surface area contributed by atoms with E-state index in [9.17, 15) is 14.7 Å². The molecule has 0 unspecified atom stereocenters. The molecule has 3 atom stereocenters. The van der Waals surface area contributed by atoms with Crippen LogP contribution in [0.4, 0.5) is 0 Å². The van der Waals surface area contributed by atoms with Crippen LogP contribution in [0.3, 0.4) is 0 Å². The lowest BCUT2D eigenvalue weighted by Gasteiger charge is -2.20. The first-order valence-corrected chi connectivity index (χ1v) is 8.69. The van der Waals surface area contributed by atoms with Gasteiger partial charge in [0.15, 0.2) is 0 Å². The third-order valence-corrected chi connectivity index (χ3v) is 4.76. The van der Waals surface area contributed by atoms with E-state index in [1.54, 1.807) is 0 Å². The number of carbonyl (C=O) groups excluding carboxylic acids is 2. The maximum absolute atomic E-state index is 12.2. The maximum atomic E-state index is 12.2. The van der Waals surface area contributed by atoms with Gasteiger partial charge in [0.05, 0.1) is 19.8 Å². The number of hydrogen-bond donors (Lipinski definition) is 2. The normalized spacial score (nSPS) is 23.3. The minimum absolute atomic E-state index is 0.0236. The van der Waals surface area contributed by atoms with Crippen molar-refractivity contribution >= 4 is 11.8 Å². The highest BCUT2D eigenvalue weighted by molar-refractivity contribution is 5.85. The molecule has 1 aromatic carbocycles. The molecule has 1 aliphatic rings. The second-order valence-electron chi connectivity index (χ2n) is 6.45. The van der Waals surface area contributed by atoms with E-state index in [1.807, 2.05) is 36.4 Å². The highest BCUT2D eigenvalue weighted by Crippen LogP contribution is 2.39. The van der Waals surface area contributed by atoms with Crippen LogP contribution in [0.5, 0.6) is 0 Å². The van der Waals surface area contributed by atoms with Gasteiger partial charge in [-0.25, -0.2) is 0 Å².